The summed E-state index contributed by atoms with van der Waals surface area (Å²) < 4.78 is 4.66. The van der Waals surface area contributed by atoms with E-state index in [0.717, 1.165) is 22.4 Å². The lowest BCUT2D eigenvalue weighted by atomic mass is 9.98. The average molecular weight is 253 g/mol. The molecule has 2 aromatic rings. The number of carbonyl (C=O) groups excluding carboxylic acids is 1. The van der Waals surface area contributed by atoms with Gasteiger partial charge in [-0.2, -0.15) is 0 Å². The highest BCUT2D eigenvalue weighted by atomic mass is 16.5. The Morgan fingerprint density at radius 2 is 1.37 bits per heavy atom. The van der Waals surface area contributed by atoms with E-state index in [1.807, 2.05) is 36.4 Å². The lowest BCUT2D eigenvalue weighted by Gasteiger charge is -2.07. The Kier molecular flexibility index (Phi) is 3.66. The highest BCUT2D eigenvalue weighted by Gasteiger charge is 2.06. The summed E-state index contributed by atoms with van der Waals surface area (Å²) in [6.45, 7) is 4.06. The van der Waals surface area contributed by atoms with Gasteiger partial charge in [-0.15, -0.1) is 0 Å². The molecule has 0 atom stereocenters. The maximum atomic E-state index is 11.3. The second-order valence-corrected chi connectivity index (χ2v) is 4.17. The van der Waals surface area contributed by atoms with Crippen molar-refractivity contribution in [3.8, 4) is 0 Å². The van der Waals surface area contributed by atoms with Crippen molar-refractivity contribution in [2.75, 3.05) is 12.8 Å². The summed E-state index contributed by atoms with van der Waals surface area (Å²) in [5.41, 5.74) is 9.74. The summed E-state index contributed by atoms with van der Waals surface area (Å²) in [7, 11) is 1.36. The van der Waals surface area contributed by atoms with Crippen LogP contribution in [-0.4, -0.2) is 13.1 Å². The lowest BCUT2D eigenvalue weighted by molar-refractivity contribution is 0.0601. The molecule has 0 aromatic heterocycles. The number of rotatable bonds is 3. The first kappa shape index (κ1) is 12.9. The Morgan fingerprint density at radius 3 is 1.84 bits per heavy atom. The standard InChI is InChI=1S/C16H15NO2/c1-11(13-7-9-15(17)10-8-13)12-3-5-14(6-4-12)16(18)19-2/h3-10H,1,17H2,2H3. The predicted molar refractivity (Wildman–Crippen MR) is 76.8 cm³/mol. The smallest absolute Gasteiger partial charge is 0.337 e. The third-order valence-corrected chi connectivity index (χ3v) is 2.91. The van der Waals surface area contributed by atoms with Crippen LogP contribution in [0.1, 0.15) is 21.5 Å². The highest BCUT2D eigenvalue weighted by molar-refractivity contribution is 5.90. The molecule has 0 aliphatic carbocycles. The second kappa shape index (κ2) is 5.40. The molecule has 0 saturated carbocycles. The molecule has 0 saturated heterocycles. The van der Waals surface area contributed by atoms with Crippen LogP contribution in [-0.2, 0) is 4.74 Å². The van der Waals surface area contributed by atoms with Gasteiger partial charge < -0.3 is 10.5 Å². The second-order valence-electron chi connectivity index (χ2n) is 4.17. The molecule has 2 rings (SSSR count). The minimum Gasteiger partial charge on any atom is -0.465 e. The summed E-state index contributed by atoms with van der Waals surface area (Å²) >= 11 is 0. The monoisotopic (exact) mass is 253 g/mol. The van der Waals surface area contributed by atoms with Crippen LogP contribution in [0.2, 0.25) is 0 Å². The molecule has 0 amide bonds. The van der Waals surface area contributed by atoms with Gasteiger partial charge in [-0.1, -0.05) is 30.8 Å². The van der Waals surface area contributed by atoms with Crippen LogP contribution in [0.25, 0.3) is 5.57 Å². The van der Waals surface area contributed by atoms with E-state index >= 15 is 0 Å². The highest BCUT2D eigenvalue weighted by Crippen LogP contribution is 2.22. The molecular weight excluding hydrogens is 238 g/mol. The Hall–Kier alpha value is -2.55. The van der Waals surface area contributed by atoms with Gasteiger partial charge in [0.05, 0.1) is 12.7 Å². The van der Waals surface area contributed by atoms with Crippen LogP contribution >= 0.6 is 0 Å². The van der Waals surface area contributed by atoms with E-state index in [-0.39, 0.29) is 5.97 Å². The van der Waals surface area contributed by atoms with Crippen LogP contribution in [0.15, 0.2) is 55.1 Å². The zero-order valence-corrected chi connectivity index (χ0v) is 10.7. The molecule has 0 aliphatic rings. The molecule has 0 fully saturated rings. The molecule has 0 bridgehead atoms. The maximum absolute atomic E-state index is 11.3. The quantitative estimate of drug-likeness (QED) is 0.675. The first-order valence-corrected chi connectivity index (χ1v) is 5.85. The van der Waals surface area contributed by atoms with E-state index in [2.05, 4.69) is 11.3 Å². The molecule has 0 radical (unpaired) electrons. The number of methoxy groups -OCH3 is 1. The number of nitrogen functional groups attached to an aromatic ring is 1. The van der Waals surface area contributed by atoms with E-state index in [4.69, 9.17) is 5.73 Å². The van der Waals surface area contributed by atoms with Gasteiger partial charge in [0.1, 0.15) is 0 Å². The van der Waals surface area contributed by atoms with Crippen molar-refractivity contribution in [3.63, 3.8) is 0 Å². The van der Waals surface area contributed by atoms with Gasteiger partial charge in [0.25, 0.3) is 0 Å². The van der Waals surface area contributed by atoms with Gasteiger partial charge in [0.2, 0.25) is 0 Å². The van der Waals surface area contributed by atoms with E-state index in [0.29, 0.717) is 5.56 Å². The van der Waals surface area contributed by atoms with Crippen molar-refractivity contribution in [2.24, 2.45) is 0 Å². The molecule has 96 valence electrons. The lowest BCUT2D eigenvalue weighted by Crippen LogP contribution is -2.00. The molecule has 2 aromatic carbocycles. The molecule has 0 aliphatic heterocycles. The maximum Gasteiger partial charge on any atom is 0.337 e. The molecule has 0 unspecified atom stereocenters. The summed E-state index contributed by atoms with van der Waals surface area (Å²) in [6.07, 6.45) is 0. The number of carbonyl (C=O) groups is 1. The fraction of sp³-hybridized carbons (Fsp3) is 0.0625. The number of hydrogen-bond acceptors (Lipinski definition) is 3. The van der Waals surface area contributed by atoms with E-state index in [1.165, 1.54) is 7.11 Å². The summed E-state index contributed by atoms with van der Waals surface area (Å²) in [5, 5.41) is 0. The van der Waals surface area contributed by atoms with Crippen LogP contribution in [0.4, 0.5) is 5.69 Å². The van der Waals surface area contributed by atoms with E-state index < -0.39 is 0 Å². The number of nitrogens with two attached hydrogens (primary N) is 1. The van der Waals surface area contributed by atoms with Crippen LogP contribution < -0.4 is 5.73 Å². The Balaban J connectivity index is 2.25. The SMILES string of the molecule is C=C(c1ccc(N)cc1)c1ccc(C(=O)OC)cc1. The predicted octanol–water partition coefficient (Wildman–Crippen LogP) is 3.12. The van der Waals surface area contributed by atoms with Gasteiger partial charge in [-0.3, -0.25) is 0 Å². The van der Waals surface area contributed by atoms with Crippen molar-refractivity contribution in [1.82, 2.24) is 0 Å². The van der Waals surface area contributed by atoms with E-state index in [9.17, 15) is 4.79 Å². The molecular formula is C16H15NO2. The van der Waals surface area contributed by atoms with Gasteiger partial charge in [-0.25, -0.2) is 4.79 Å². The van der Waals surface area contributed by atoms with Gasteiger partial charge in [0.15, 0.2) is 0 Å². The first-order valence-electron chi connectivity index (χ1n) is 5.85. The Bertz CT molecular complexity index is 598. The topological polar surface area (TPSA) is 52.3 Å². The minimum atomic E-state index is -0.343. The number of esters is 1. The van der Waals surface area contributed by atoms with Crippen LogP contribution in [0.5, 0.6) is 0 Å². The summed E-state index contributed by atoms with van der Waals surface area (Å²) in [4.78, 5) is 11.3. The largest absolute Gasteiger partial charge is 0.465 e. The Morgan fingerprint density at radius 1 is 0.947 bits per heavy atom. The first-order chi connectivity index (χ1) is 9.11. The molecule has 0 spiro atoms. The van der Waals surface area contributed by atoms with Crippen molar-refractivity contribution in [1.29, 1.82) is 0 Å². The molecule has 19 heavy (non-hydrogen) atoms. The fourth-order valence-electron chi connectivity index (χ4n) is 1.78. The normalized spacial score (nSPS) is 9.95. The number of hydrogen-bond donors (Lipinski definition) is 1. The van der Waals surface area contributed by atoms with Gasteiger partial charge in [-0.05, 0) is 41.0 Å². The number of ether oxygens (including phenoxy) is 1. The molecule has 2 N–H and O–H groups in total. The van der Waals surface area contributed by atoms with Crippen molar-refractivity contribution >= 4 is 17.2 Å². The fourth-order valence-corrected chi connectivity index (χ4v) is 1.78. The zero-order valence-electron chi connectivity index (χ0n) is 10.7. The number of anilines is 1. The molecule has 3 nitrogen and oxygen atoms in total. The Labute approximate surface area is 112 Å². The third-order valence-electron chi connectivity index (χ3n) is 2.91. The molecule has 0 heterocycles. The minimum absolute atomic E-state index is 0.343. The third kappa shape index (κ3) is 2.83. The number of benzene rings is 2. The average Bonchev–Trinajstić information content (AvgIpc) is 2.46. The summed E-state index contributed by atoms with van der Waals surface area (Å²) in [6, 6.07) is 14.7. The van der Waals surface area contributed by atoms with Gasteiger partial charge >= 0.3 is 5.97 Å². The zero-order chi connectivity index (χ0) is 13.8. The van der Waals surface area contributed by atoms with Crippen LogP contribution in [0.3, 0.4) is 0 Å². The van der Waals surface area contributed by atoms with Crippen molar-refractivity contribution < 1.29 is 9.53 Å². The van der Waals surface area contributed by atoms with E-state index in [1.54, 1.807) is 12.1 Å². The van der Waals surface area contributed by atoms with Crippen LogP contribution in [0, 0.1) is 0 Å². The van der Waals surface area contributed by atoms with Crippen molar-refractivity contribution in [2.45, 2.75) is 0 Å². The van der Waals surface area contributed by atoms with Crippen molar-refractivity contribution in [3.05, 3.63) is 71.8 Å². The summed E-state index contributed by atoms with van der Waals surface area (Å²) in [5.74, 6) is -0.343. The molecule has 3 heteroatoms. The van der Waals surface area contributed by atoms with Gasteiger partial charge in [0, 0.05) is 5.69 Å².